The zero-order valence-corrected chi connectivity index (χ0v) is 19.7. The highest BCUT2D eigenvalue weighted by Gasteiger charge is 2.69. The van der Waals surface area contributed by atoms with E-state index in [2.05, 4.69) is 29.2 Å². The van der Waals surface area contributed by atoms with Gasteiger partial charge in [-0.1, -0.05) is 23.5 Å². The molecule has 2 amide bonds. The number of nitrogens with one attached hydrogen (secondary N) is 1. The van der Waals surface area contributed by atoms with E-state index in [-0.39, 0.29) is 45.6 Å². The largest absolute Gasteiger partial charge is 0.480 e. The standard InChI is InChI=1S/C23H23N3O5S2/c1-25(2)10-5-3-9(4-6-10)14-15-11-7-12(18(15)32-20-19(14)33-23(31)24-20)17-16(11)21(29)26(22(17)30)8-13(27)28/h3-6,11-12,14-18H,7-8H2,1-2H3,(H,24,31)(H,27,28)/t11-,12+,14-,15+,16+,17+,18-/m0/s1. The van der Waals surface area contributed by atoms with Crippen molar-refractivity contribution in [3.8, 4) is 0 Å². The Balaban J connectivity index is 1.43. The van der Waals surface area contributed by atoms with Gasteiger partial charge in [0.05, 0.1) is 16.9 Å². The van der Waals surface area contributed by atoms with Crippen LogP contribution in [0.5, 0.6) is 0 Å². The van der Waals surface area contributed by atoms with Gasteiger partial charge in [0, 0.05) is 35.8 Å². The van der Waals surface area contributed by atoms with E-state index in [1.54, 1.807) is 11.8 Å². The summed E-state index contributed by atoms with van der Waals surface area (Å²) in [5, 5.41) is 10.2. The highest BCUT2D eigenvalue weighted by Crippen LogP contribution is 2.68. The molecule has 1 aromatic heterocycles. The number of carbonyl (C=O) groups excluding carboxylic acids is 2. The van der Waals surface area contributed by atoms with Gasteiger partial charge in [0.25, 0.3) is 0 Å². The van der Waals surface area contributed by atoms with Gasteiger partial charge in [0.2, 0.25) is 11.8 Å². The molecule has 0 unspecified atom stereocenters. The smallest absolute Gasteiger partial charge is 0.323 e. The molecule has 3 fully saturated rings. The minimum Gasteiger partial charge on any atom is -0.480 e. The highest BCUT2D eigenvalue weighted by atomic mass is 32.2. The molecule has 2 aliphatic heterocycles. The molecule has 2 N–H and O–H groups in total. The quantitative estimate of drug-likeness (QED) is 0.638. The number of amides is 2. The first-order valence-electron chi connectivity index (χ1n) is 11.0. The molecule has 8 nitrogen and oxygen atoms in total. The predicted molar refractivity (Wildman–Crippen MR) is 124 cm³/mol. The number of carbonyl (C=O) groups is 3. The minimum atomic E-state index is -1.17. The summed E-state index contributed by atoms with van der Waals surface area (Å²) in [6.07, 6.45) is 0.793. The Morgan fingerprint density at radius 3 is 2.42 bits per heavy atom. The molecule has 7 atom stereocenters. The van der Waals surface area contributed by atoms with Gasteiger partial charge in [-0.2, -0.15) is 0 Å². The fourth-order valence-corrected chi connectivity index (χ4v) is 9.61. The Morgan fingerprint density at radius 1 is 1.12 bits per heavy atom. The number of thioether (sulfide) groups is 1. The van der Waals surface area contributed by atoms with Crippen LogP contribution in [0.3, 0.4) is 0 Å². The molecule has 4 aliphatic rings. The van der Waals surface area contributed by atoms with Gasteiger partial charge in [0.1, 0.15) is 6.54 Å². The molecule has 2 bridgehead atoms. The number of hydrogen-bond acceptors (Lipinski definition) is 7. The van der Waals surface area contributed by atoms with Gasteiger partial charge < -0.3 is 15.0 Å². The first-order valence-corrected chi connectivity index (χ1v) is 12.7. The van der Waals surface area contributed by atoms with E-state index in [1.165, 1.54) is 11.3 Å². The number of aromatic amines is 1. The topological polar surface area (TPSA) is 111 Å². The van der Waals surface area contributed by atoms with Crippen LogP contribution < -0.4 is 9.77 Å². The van der Waals surface area contributed by atoms with Crippen molar-refractivity contribution in [2.24, 2.45) is 29.6 Å². The number of carboxylic acids is 1. The fraction of sp³-hybridized carbons (Fsp3) is 0.478. The van der Waals surface area contributed by atoms with Crippen LogP contribution >= 0.6 is 23.1 Å². The zero-order valence-electron chi connectivity index (χ0n) is 18.1. The number of imide groups is 1. The van der Waals surface area contributed by atoms with E-state index in [1.807, 2.05) is 19.0 Å². The Kier molecular flexibility index (Phi) is 4.58. The maximum absolute atomic E-state index is 13.2. The van der Waals surface area contributed by atoms with Crippen LogP contribution in [-0.2, 0) is 14.4 Å². The van der Waals surface area contributed by atoms with E-state index in [0.717, 1.165) is 32.5 Å². The van der Waals surface area contributed by atoms with Crippen LogP contribution in [0.15, 0.2) is 34.1 Å². The van der Waals surface area contributed by atoms with Crippen molar-refractivity contribution in [1.82, 2.24) is 9.88 Å². The maximum Gasteiger partial charge on any atom is 0.323 e. The van der Waals surface area contributed by atoms with Crippen LogP contribution in [-0.4, -0.2) is 58.7 Å². The summed E-state index contributed by atoms with van der Waals surface area (Å²) in [6, 6.07) is 8.33. The number of nitrogens with zero attached hydrogens (tertiary/aromatic N) is 2. The van der Waals surface area contributed by atoms with E-state index >= 15 is 0 Å². The van der Waals surface area contributed by atoms with Gasteiger partial charge in [0.15, 0.2) is 0 Å². The van der Waals surface area contributed by atoms with Crippen molar-refractivity contribution in [3.63, 3.8) is 0 Å². The Morgan fingerprint density at radius 2 is 1.79 bits per heavy atom. The number of carboxylic acid groups (broad SMARTS) is 1. The summed E-state index contributed by atoms with van der Waals surface area (Å²) >= 11 is 2.87. The molecule has 3 heterocycles. The third-order valence-corrected chi connectivity index (χ3v) is 10.5. The Labute approximate surface area is 198 Å². The maximum atomic E-state index is 13.2. The highest BCUT2D eigenvalue weighted by molar-refractivity contribution is 8.00. The van der Waals surface area contributed by atoms with Gasteiger partial charge in [-0.25, -0.2) is 0 Å². The number of aliphatic carboxylic acids is 1. The van der Waals surface area contributed by atoms with E-state index in [0.29, 0.717) is 0 Å². The number of likely N-dealkylation sites (tertiary alicyclic amines) is 1. The number of thiazole rings is 1. The zero-order chi connectivity index (χ0) is 23.2. The van der Waals surface area contributed by atoms with Crippen molar-refractivity contribution in [2.45, 2.75) is 22.6 Å². The average molecular weight is 486 g/mol. The molecular weight excluding hydrogens is 462 g/mol. The second-order valence-corrected chi connectivity index (χ2v) is 11.8. The molecule has 6 rings (SSSR count). The lowest BCUT2D eigenvalue weighted by atomic mass is 9.68. The van der Waals surface area contributed by atoms with Crippen molar-refractivity contribution in [2.75, 3.05) is 25.5 Å². The van der Waals surface area contributed by atoms with Gasteiger partial charge in [-0.05, 0) is 41.9 Å². The molecule has 1 saturated heterocycles. The lowest BCUT2D eigenvalue weighted by Crippen LogP contribution is -2.42. The average Bonchev–Trinajstić information content (AvgIpc) is 3.49. The summed E-state index contributed by atoms with van der Waals surface area (Å²) in [4.78, 5) is 56.7. The summed E-state index contributed by atoms with van der Waals surface area (Å²) in [5.41, 5.74) is 2.19. The summed E-state index contributed by atoms with van der Waals surface area (Å²) < 4.78 is 0. The monoisotopic (exact) mass is 485 g/mol. The number of anilines is 1. The SMILES string of the molecule is CN(C)c1ccc([C@@H]2c3sc(=O)[nH]c3S[C@H]3[C@@H]4C[C@H]([C@H]5C(=O)N(CC(=O)O)C(=O)[C@H]45)[C@H]23)cc1. The Bertz CT molecular complexity index is 1240. The van der Waals surface area contributed by atoms with E-state index in [9.17, 15) is 24.3 Å². The van der Waals surface area contributed by atoms with Crippen LogP contribution in [0.2, 0.25) is 0 Å². The van der Waals surface area contributed by atoms with Crippen LogP contribution in [0.25, 0.3) is 0 Å². The molecule has 2 aliphatic carbocycles. The van der Waals surface area contributed by atoms with Crippen molar-refractivity contribution in [1.29, 1.82) is 0 Å². The van der Waals surface area contributed by atoms with E-state index in [4.69, 9.17) is 0 Å². The third-order valence-electron chi connectivity index (χ3n) is 7.88. The number of benzene rings is 1. The first-order chi connectivity index (χ1) is 15.8. The van der Waals surface area contributed by atoms with Crippen molar-refractivity contribution < 1.29 is 19.5 Å². The molecule has 33 heavy (non-hydrogen) atoms. The van der Waals surface area contributed by atoms with Crippen LogP contribution in [0.1, 0.15) is 22.8 Å². The first kappa shape index (κ1) is 21.0. The Hall–Kier alpha value is -2.59. The van der Waals surface area contributed by atoms with Crippen molar-refractivity contribution >= 4 is 46.6 Å². The summed E-state index contributed by atoms with van der Waals surface area (Å²) in [6.45, 7) is -0.567. The van der Waals surface area contributed by atoms with Gasteiger partial charge >= 0.3 is 10.8 Å². The van der Waals surface area contributed by atoms with Crippen LogP contribution in [0.4, 0.5) is 5.69 Å². The lowest BCUT2D eigenvalue weighted by Gasteiger charge is -2.43. The number of hydrogen-bond donors (Lipinski definition) is 2. The molecule has 2 aromatic rings. The number of aromatic nitrogens is 1. The molecule has 0 radical (unpaired) electrons. The third kappa shape index (κ3) is 2.89. The van der Waals surface area contributed by atoms with E-state index < -0.39 is 24.3 Å². The normalized spacial score (nSPS) is 33.8. The molecule has 10 heteroatoms. The lowest BCUT2D eigenvalue weighted by molar-refractivity contribution is -0.149. The van der Waals surface area contributed by atoms with Crippen LogP contribution in [0, 0.1) is 29.6 Å². The fourth-order valence-electron chi connectivity index (χ4n) is 6.72. The number of H-pyrrole nitrogens is 1. The minimum absolute atomic E-state index is 0.00313. The van der Waals surface area contributed by atoms with Crippen molar-refractivity contribution in [3.05, 3.63) is 44.4 Å². The molecular formula is C23H23N3O5S2. The second-order valence-electron chi connectivity index (χ2n) is 9.60. The molecule has 172 valence electrons. The second kappa shape index (κ2) is 7.20. The number of rotatable bonds is 4. The molecule has 1 aromatic carbocycles. The van der Waals surface area contributed by atoms with Gasteiger partial charge in [-0.15, -0.1) is 11.8 Å². The molecule has 2 saturated carbocycles. The predicted octanol–water partition coefficient (Wildman–Crippen LogP) is 2.06. The molecule has 0 spiro atoms. The number of fused-ring (bicyclic) bond motifs is 9. The summed E-state index contributed by atoms with van der Waals surface area (Å²) in [7, 11) is 3.97. The summed E-state index contributed by atoms with van der Waals surface area (Å²) in [5.74, 6) is -2.65. The van der Waals surface area contributed by atoms with Gasteiger partial charge in [-0.3, -0.25) is 24.1 Å².